The van der Waals surface area contributed by atoms with E-state index in [9.17, 15) is 14.7 Å². The molecule has 6 nitrogen and oxygen atoms in total. The molecular weight excluding hydrogens is 344 g/mol. The highest BCUT2D eigenvalue weighted by Crippen LogP contribution is 2.25. The number of fused-ring (bicyclic) bond motifs is 1. The summed E-state index contributed by atoms with van der Waals surface area (Å²) in [5, 5.41) is 9.87. The summed E-state index contributed by atoms with van der Waals surface area (Å²) in [6.45, 7) is 7.95. The molecule has 2 N–H and O–H groups in total. The number of aryl methyl sites for hydroxylation is 1. The zero-order valence-electron chi connectivity index (χ0n) is 16.2. The number of hydrogen-bond donors (Lipinski definition) is 2. The third-order valence-corrected chi connectivity index (χ3v) is 5.19. The fraction of sp³-hybridized carbons (Fsp3) is 0.429. The number of aromatic nitrogens is 1. The maximum atomic E-state index is 12.7. The van der Waals surface area contributed by atoms with E-state index in [0.29, 0.717) is 24.2 Å². The van der Waals surface area contributed by atoms with Gasteiger partial charge in [0.25, 0.3) is 5.91 Å². The van der Waals surface area contributed by atoms with Gasteiger partial charge in [-0.25, -0.2) is 4.79 Å². The van der Waals surface area contributed by atoms with Gasteiger partial charge in [0.1, 0.15) is 5.69 Å². The Morgan fingerprint density at radius 3 is 2.48 bits per heavy atom. The summed E-state index contributed by atoms with van der Waals surface area (Å²) in [5.74, 6) is -0.782. The highest BCUT2D eigenvalue weighted by atomic mass is 16.5. The van der Waals surface area contributed by atoms with E-state index in [1.54, 1.807) is 32.6 Å². The number of nitrogens with one attached hydrogen (secondary N) is 1. The molecule has 0 aliphatic carbocycles. The number of nitrogens with zero attached hydrogens (tertiary/aromatic N) is 1. The zero-order valence-corrected chi connectivity index (χ0v) is 16.2. The van der Waals surface area contributed by atoms with Crippen LogP contribution in [0.1, 0.15) is 58.4 Å². The maximum absolute atomic E-state index is 12.7. The smallest absolute Gasteiger partial charge is 0.355 e. The summed E-state index contributed by atoms with van der Waals surface area (Å²) in [6.07, 6.45) is -0.758. The fourth-order valence-corrected chi connectivity index (χ4v) is 3.81. The summed E-state index contributed by atoms with van der Waals surface area (Å²) in [7, 11) is 0. The second kappa shape index (κ2) is 7.56. The van der Waals surface area contributed by atoms with Crippen LogP contribution in [-0.4, -0.2) is 39.5 Å². The van der Waals surface area contributed by atoms with Crippen LogP contribution >= 0.6 is 0 Å². The molecule has 0 saturated heterocycles. The summed E-state index contributed by atoms with van der Waals surface area (Å²) in [6, 6.07) is 8.07. The van der Waals surface area contributed by atoms with Gasteiger partial charge in [-0.1, -0.05) is 24.3 Å². The minimum Gasteiger partial charge on any atom is -0.448 e. The average molecular weight is 370 g/mol. The lowest BCUT2D eigenvalue weighted by Gasteiger charge is -2.30. The molecule has 0 fully saturated rings. The third-order valence-electron chi connectivity index (χ3n) is 5.19. The number of aromatic amines is 1. The normalized spacial score (nSPS) is 15.8. The quantitative estimate of drug-likeness (QED) is 0.811. The van der Waals surface area contributed by atoms with Crippen molar-refractivity contribution in [2.75, 3.05) is 6.54 Å². The summed E-state index contributed by atoms with van der Waals surface area (Å²) in [4.78, 5) is 30.0. The molecule has 144 valence electrons. The average Bonchev–Trinajstić information content (AvgIpc) is 2.95. The van der Waals surface area contributed by atoms with Gasteiger partial charge in [-0.05, 0) is 50.8 Å². The lowest BCUT2D eigenvalue weighted by molar-refractivity contribution is -0.140. The number of H-pyrrole nitrogens is 1. The van der Waals surface area contributed by atoms with Crippen molar-refractivity contribution in [3.05, 3.63) is 57.9 Å². The first-order valence-electron chi connectivity index (χ1n) is 9.23. The third kappa shape index (κ3) is 3.76. The number of hydrogen-bond acceptors (Lipinski definition) is 4. The standard InChI is InChI=1S/C21H26N2O4/c1-12-18(14(3)24)13(2)22-19(12)21(26)27-15(4)20(25)23-10-9-16-7-5-6-8-17(16)11-23/h5-8,14-15,22,24H,9-11H2,1-4H3/t14-,15+/m1/s1. The van der Waals surface area contributed by atoms with Gasteiger partial charge in [0.2, 0.25) is 0 Å². The predicted molar refractivity (Wildman–Crippen MR) is 101 cm³/mol. The summed E-state index contributed by atoms with van der Waals surface area (Å²) >= 11 is 0. The van der Waals surface area contributed by atoms with E-state index in [1.807, 2.05) is 18.2 Å². The Morgan fingerprint density at radius 2 is 1.85 bits per heavy atom. The molecule has 2 atom stereocenters. The summed E-state index contributed by atoms with van der Waals surface area (Å²) in [5.41, 5.74) is 4.74. The Hall–Kier alpha value is -2.60. The van der Waals surface area contributed by atoms with Crippen LogP contribution in [0.4, 0.5) is 0 Å². The Labute approximate surface area is 159 Å². The van der Waals surface area contributed by atoms with Crippen LogP contribution < -0.4 is 0 Å². The molecule has 0 saturated carbocycles. The van der Waals surface area contributed by atoms with Crippen LogP contribution in [0.15, 0.2) is 24.3 Å². The van der Waals surface area contributed by atoms with E-state index < -0.39 is 18.2 Å². The van der Waals surface area contributed by atoms with Gasteiger partial charge in [-0.2, -0.15) is 0 Å². The van der Waals surface area contributed by atoms with Crippen LogP contribution in [0.2, 0.25) is 0 Å². The van der Waals surface area contributed by atoms with Crippen LogP contribution in [0, 0.1) is 13.8 Å². The maximum Gasteiger partial charge on any atom is 0.355 e. The number of esters is 1. The van der Waals surface area contributed by atoms with Crippen molar-refractivity contribution in [1.29, 1.82) is 0 Å². The van der Waals surface area contributed by atoms with E-state index in [-0.39, 0.29) is 11.6 Å². The predicted octanol–water partition coefficient (Wildman–Crippen LogP) is 2.82. The minimum atomic E-state index is -0.874. The number of aliphatic hydroxyl groups excluding tert-OH is 1. The first-order chi connectivity index (χ1) is 12.8. The fourth-order valence-electron chi connectivity index (χ4n) is 3.81. The van der Waals surface area contributed by atoms with Gasteiger partial charge >= 0.3 is 5.97 Å². The topological polar surface area (TPSA) is 82.6 Å². The van der Waals surface area contributed by atoms with E-state index in [2.05, 4.69) is 11.1 Å². The van der Waals surface area contributed by atoms with Gasteiger partial charge in [-0.15, -0.1) is 0 Å². The second-order valence-corrected chi connectivity index (χ2v) is 7.17. The molecule has 1 aromatic carbocycles. The first-order valence-corrected chi connectivity index (χ1v) is 9.23. The number of ether oxygens (including phenoxy) is 1. The molecule has 0 spiro atoms. The van der Waals surface area contributed by atoms with Crippen molar-refractivity contribution < 1.29 is 19.4 Å². The van der Waals surface area contributed by atoms with Crippen molar-refractivity contribution >= 4 is 11.9 Å². The molecule has 3 rings (SSSR count). The number of carbonyl (C=O) groups excluding carboxylic acids is 2. The van der Waals surface area contributed by atoms with E-state index >= 15 is 0 Å². The lowest BCUT2D eigenvalue weighted by Crippen LogP contribution is -2.42. The molecule has 2 aromatic rings. The van der Waals surface area contributed by atoms with E-state index in [1.165, 1.54) is 5.56 Å². The molecule has 0 unspecified atom stereocenters. The largest absolute Gasteiger partial charge is 0.448 e. The number of carbonyl (C=O) groups is 2. The molecule has 0 radical (unpaired) electrons. The monoisotopic (exact) mass is 370 g/mol. The van der Waals surface area contributed by atoms with Crippen LogP contribution in [0.25, 0.3) is 0 Å². The van der Waals surface area contributed by atoms with Crippen molar-refractivity contribution in [1.82, 2.24) is 9.88 Å². The van der Waals surface area contributed by atoms with Crippen molar-refractivity contribution in [3.8, 4) is 0 Å². The molecular formula is C21H26N2O4. The van der Waals surface area contributed by atoms with E-state index in [0.717, 1.165) is 17.7 Å². The Bertz CT molecular complexity index is 869. The first kappa shape index (κ1) is 19.2. The SMILES string of the molecule is Cc1[nH]c(C(=O)O[C@@H](C)C(=O)N2CCc3ccccc3C2)c(C)c1[C@@H](C)O. The highest BCUT2D eigenvalue weighted by Gasteiger charge is 2.29. The summed E-state index contributed by atoms with van der Waals surface area (Å²) < 4.78 is 5.43. The van der Waals surface area contributed by atoms with Crippen molar-refractivity contribution in [3.63, 3.8) is 0 Å². The highest BCUT2D eigenvalue weighted by molar-refractivity contribution is 5.92. The molecule has 1 aromatic heterocycles. The van der Waals surface area contributed by atoms with Gasteiger partial charge in [-0.3, -0.25) is 4.79 Å². The molecule has 6 heteroatoms. The van der Waals surface area contributed by atoms with Crippen molar-refractivity contribution in [2.24, 2.45) is 0 Å². The molecule has 1 amide bonds. The van der Waals surface area contributed by atoms with Crippen LogP contribution in [0.3, 0.4) is 0 Å². The van der Waals surface area contributed by atoms with Crippen LogP contribution in [-0.2, 0) is 22.5 Å². The number of amides is 1. The number of rotatable bonds is 4. The molecule has 1 aliphatic rings. The van der Waals surface area contributed by atoms with Gasteiger partial charge in [0.05, 0.1) is 6.10 Å². The van der Waals surface area contributed by atoms with E-state index in [4.69, 9.17) is 4.74 Å². The molecule has 0 bridgehead atoms. The van der Waals surface area contributed by atoms with Crippen LogP contribution in [0.5, 0.6) is 0 Å². The van der Waals surface area contributed by atoms with Gasteiger partial charge < -0.3 is 19.7 Å². The number of benzene rings is 1. The molecule has 2 heterocycles. The second-order valence-electron chi connectivity index (χ2n) is 7.17. The van der Waals surface area contributed by atoms with Gasteiger partial charge in [0.15, 0.2) is 6.10 Å². The minimum absolute atomic E-state index is 0.200. The zero-order chi connectivity index (χ0) is 19.7. The lowest BCUT2D eigenvalue weighted by atomic mass is 9.99. The van der Waals surface area contributed by atoms with Gasteiger partial charge in [0, 0.05) is 24.3 Å². The van der Waals surface area contributed by atoms with Crippen molar-refractivity contribution in [2.45, 2.75) is 52.9 Å². The number of aliphatic hydroxyl groups is 1. The Morgan fingerprint density at radius 1 is 1.19 bits per heavy atom. The molecule has 27 heavy (non-hydrogen) atoms. The Kier molecular flexibility index (Phi) is 5.37. The molecule has 1 aliphatic heterocycles. The Balaban J connectivity index is 1.69.